The molecule has 1 N–H and O–H groups in total. The van der Waals surface area contributed by atoms with Crippen LogP contribution in [0.3, 0.4) is 0 Å². The van der Waals surface area contributed by atoms with E-state index in [4.69, 9.17) is 21.7 Å². The van der Waals surface area contributed by atoms with E-state index < -0.39 is 12.5 Å². The molecular weight excluding hydrogens is 310 g/mol. The van der Waals surface area contributed by atoms with Crippen molar-refractivity contribution in [3.8, 4) is 0 Å². The van der Waals surface area contributed by atoms with Crippen LogP contribution in [-0.2, 0) is 9.59 Å². The number of rotatable bonds is 4. The Balaban J connectivity index is 1.77. The summed E-state index contributed by atoms with van der Waals surface area (Å²) < 4.78 is 5.98. The fraction of sp³-hybridized carbons (Fsp3) is 0.357. The third-order valence-electron chi connectivity index (χ3n) is 3.56. The number of thiocarbonyl (C=S) groups is 1. The molecule has 3 rings (SSSR count). The first-order valence-corrected chi connectivity index (χ1v) is 7.75. The maximum absolute atomic E-state index is 12.1. The van der Waals surface area contributed by atoms with Gasteiger partial charge in [0.2, 0.25) is 0 Å². The zero-order valence-corrected chi connectivity index (χ0v) is 12.9. The lowest BCUT2D eigenvalue weighted by atomic mass is 10.3. The molecule has 1 saturated carbocycles. The lowest BCUT2D eigenvalue weighted by Gasteiger charge is -2.09. The fourth-order valence-corrected chi connectivity index (χ4v) is 3.50. The second-order valence-electron chi connectivity index (χ2n) is 5.22. The summed E-state index contributed by atoms with van der Waals surface area (Å²) in [6, 6.07) is 3.75. The van der Waals surface area contributed by atoms with Crippen molar-refractivity contribution in [3.63, 3.8) is 0 Å². The Morgan fingerprint density at radius 1 is 1.62 bits per heavy atom. The summed E-state index contributed by atoms with van der Waals surface area (Å²) in [6.45, 7) is 1.76. The summed E-state index contributed by atoms with van der Waals surface area (Å²) in [6.07, 6.45) is 2.76. The molecule has 0 aromatic carbocycles. The van der Waals surface area contributed by atoms with Crippen LogP contribution in [0.25, 0.3) is 6.08 Å². The van der Waals surface area contributed by atoms with Gasteiger partial charge in [0, 0.05) is 12.0 Å². The molecule has 2 aliphatic rings. The summed E-state index contributed by atoms with van der Waals surface area (Å²) in [5.74, 6) is 1.20. The van der Waals surface area contributed by atoms with Crippen molar-refractivity contribution in [2.75, 3.05) is 6.54 Å². The largest absolute Gasteiger partial charge is 0.480 e. The average molecular weight is 323 g/mol. The van der Waals surface area contributed by atoms with Gasteiger partial charge in [-0.05, 0) is 24.5 Å². The quantitative estimate of drug-likeness (QED) is 0.678. The van der Waals surface area contributed by atoms with Gasteiger partial charge in [-0.15, -0.1) is 0 Å². The number of thioether (sulfide) groups is 1. The van der Waals surface area contributed by atoms with Crippen LogP contribution in [0, 0.1) is 5.92 Å². The Morgan fingerprint density at radius 2 is 2.33 bits per heavy atom. The number of furan rings is 1. The standard InChI is InChI=1S/C14H13NO4S2/c1-7-4-9(7)10-3-2-8(19-10)5-11-13(18)15(6-12(16)17)14(20)21-11/h2-3,5,7,9H,4,6H2,1H3,(H,16,17)/b11-5-/t7-,9+/m1/s1. The molecule has 1 aromatic rings. The summed E-state index contributed by atoms with van der Waals surface area (Å²) in [5, 5.41) is 8.78. The Kier molecular flexibility index (Phi) is 3.62. The molecule has 1 aromatic heterocycles. The molecule has 0 spiro atoms. The summed E-state index contributed by atoms with van der Waals surface area (Å²) in [7, 11) is 0. The van der Waals surface area contributed by atoms with E-state index in [1.165, 1.54) is 0 Å². The maximum atomic E-state index is 12.1. The van der Waals surface area contributed by atoms with E-state index in [0.717, 1.165) is 28.8 Å². The van der Waals surface area contributed by atoms with Gasteiger partial charge in [-0.25, -0.2) is 0 Å². The number of amides is 1. The number of carboxylic acids is 1. The van der Waals surface area contributed by atoms with Crippen molar-refractivity contribution in [3.05, 3.63) is 28.6 Å². The zero-order chi connectivity index (χ0) is 15.1. The lowest BCUT2D eigenvalue weighted by Crippen LogP contribution is -2.33. The van der Waals surface area contributed by atoms with Gasteiger partial charge in [0.1, 0.15) is 22.4 Å². The predicted octanol–water partition coefficient (Wildman–Crippen LogP) is 2.69. The summed E-state index contributed by atoms with van der Waals surface area (Å²) >= 11 is 6.13. The highest BCUT2D eigenvalue weighted by Gasteiger charge is 2.37. The summed E-state index contributed by atoms with van der Waals surface area (Å²) in [5.41, 5.74) is 0. The second-order valence-corrected chi connectivity index (χ2v) is 6.90. The highest BCUT2D eigenvalue weighted by molar-refractivity contribution is 8.26. The van der Waals surface area contributed by atoms with E-state index in [9.17, 15) is 9.59 Å². The maximum Gasteiger partial charge on any atom is 0.323 e. The van der Waals surface area contributed by atoms with Gasteiger partial charge in [-0.2, -0.15) is 0 Å². The van der Waals surface area contributed by atoms with Crippen molar-refractivity contribution in [2.45, 2.75) is 19.3 Å². The van der Waals surface area contributed by atoms with E-state index in [1.807, 2.05) is 12.1 Å². The van der Waals surface area contributed by atoms with E-state index in [2.05, 4.69) is 6.92 Å². The molecule has 0 bridgehead atoms. The molecule has 7 heteroatoms. The monoisotopic (exact) mass is 323 g/mol. The fourth-order valence-electron chi connectivity index (χ4n) is 2.26. The number of hydrogen-bond donors (Lipinski definition) is 1. The Labute approximate surface area is 131 Å². The number of carboxylic acid groups (broad SMARTS) is 1. The molecule has 110 valence electrons. The Morgan fingerprint density at radius 3 is 2.95 bits per heavy atom. The zero-order valence-electron chi connectivity index (χ0n) is 11.2. The van der Waals surface area contributed by atoms with Gasteiger partial charge in [0.05, 0.1) is 4.91 Å². The predicted molar refractivity (Wildman–Crippen MR) is 82.7 cm³/mol. The topological polar surface area (TPSA) is 70.8 Å². The van der Waals surface area contributed by atoms with Crippen LogP contribution in [0.4, 0.5) is 0 Å². The van der Waals surface area contributed by atoms with Gasteiger partial charge < -0.3 is 9.52 Å². The minimum Gasteiger partial charge on any atom is -0.480 e. The van der Waals surface area contributed by atoms with E-state index in [0.29, 0.717) is 22.5 Å². The average Bonchev–Trinajstić information content (AvgIpc) is 2.87. The van der Waals surface area contributed by atoms with Crippen molar-refractivity contribution < 1.29 is 19.1 Å². The first-order chi connectivity index (χ1) is 9.95. The highest BCUT2D eigenvalue weighted by atomic mass is 32.2. The van der Waals surface area contributed by atoms with Crippen molar-refractivity contribution >= 4 is 46.3 Å². The third kappa shape index (κ3) is 2.89. The Hall–Kier alpha value is -1.60. The normalized spacial score (nSPS) is 26.7. The van der Waals surface area contributed by atoms with Gasteiger partial charge in [-0.1, -0.05) is 30.9 Å². The molecule has 1 aliphatic heterocycles. The first-order valence-electron chi connectivity index (χ1n) is 6.52. The molecule has 21 heavy (non-hydrogen) atoms. The molecule has 2 atom stereocenters. The molecular formula is C14H13NO4S2. The van der Waals surface area contributed by atoms with Crippen LogP contribution < -0.4 is 0 Å². The minimum atomic E-state index is -1.09. The molecule has 0 unspecified atom stereocenters. The van der Waals surface area contributed by atoms with Gasteiger partial charge in [0.25, 0.3) is 5.91 Å². The van der Waals surface area contributed by atoms with Gasteiger partial charge in [-0.3, -0.25) is 14.5 Å². The second kappa shape index (κ2) is 5.31. The van der Waals surface area contributed by atoms with E-state index in [-0.39, 0.29) is 10.2 Å². The van der Waals surface area contributed by atoms with Gasteiger partial charge in [0.15, 0.2) is 0 Å². The summed E-state index contributed by atoms with van der Waals surface area (Å²) in [4.78, 5) is 24.3. The van der Waals surface area contributed by atoms with Crippen molar-refractivity contribution in [2.24, 2.45) is 5.92 Å². The Bertz CT molecular complexity index is 664. The van der Waals surface area contributed by atoms with Crippen LogP contribution in [-0.4, -0.2) is 32.7 Å². The third-order valence-corrected chi connectivity index (χ3v) is 4.94. The van der Waals surface area contributed by atoms with Crippen LogP contribution in [0.2, 0.25) is 0 Å². The number of carbonyl (C=O) groups is 2. The lowest BCUT2D eigenvalue weighted by molar-refractivity contribution is -0.140. The highest BCUT2D eigenvalue weighted by Crippen LogP contribution is 2.47. The first kappa shape index (κ1) is 14.3. The van der Waals surface area contributed by atoms with E-state index in [1.54, 1.807) is 6.08 Å². The smallest absolute Gasteiger partial charge is 0.323 e. The minimum absolute atomic E-state index is 0.260. The van der Waals surface area contributed by atoms with Crippen LogP contribution in [0.15, 0.2) is 21.5 Å². The molecule has 0 radical (unpaired) electrons. The SMILES string of the molecule is C[C@@H]1C[C@@H]1c1ccc(/C=C2\SC(=S)N(CC(=O)O)C2=O)o1. The van der Waals surface area contributed by atoms with Gasteiger partial charge >= 0.3 is 5.97 Å². The number of hydrogen-bond acceptors (Lipinski definition) is 5. The number of nitrogens with zero attached hydrogens (tertiary/aromatic N) is 1. The molecule has 1 amide bonds. The molecule has 2 fully saturated rings. The van der Waals surface area contributed by atoms with Crippen LogP contribution in [0.5, 0.6) is 0 Å². The molecule has 2 heterocycles. The van der Waals surface area contributed by atoms with E-state index >= 15 is 0 Å². The van der Waals surface area contributed by atoms with Crippen LogP contribution >= 0.6 is 24.0 Å². The van der Waals surface area contributed by atoms with Crippen LogP contribution in [0.1, 0.15) is 30.8 Å². The molecule has 5 nitrogen and oxygen atoms in total. The van der Waals surface area contributed by atoms with Crippen molar-refractivity contribution in [1.82, 2.24) is 4.90 Å². The molecule has 1 aliphatic carbocycles. The number of carbonyl (C=O) groups excluding carboxylic acids is 1. The number of aliphatic carboxylic acids is 1. The molecule has 1 saturated heterocycles. The van der Waals surface area contributed by atoms with Crippen molar-refractivity contribution in [1.29, 1.82) is 0 Å².